The first-order valence-corrected chi connectivity index (χ1v) is 8.63. The Morgan fingerprint density at radius 1 is 1.07 bits per heavy atom. The van der Waals surface area contributed by atoms with Crippen LogP contribution in [0.25, 0.3) is 10.9 Å². The molecule has 1 aromatic heterocycles. The van der Waals surface area contributed by atoms with Gasteiger partial charge in [0.25, 0.3) is 5.91 Å². The van der Waals surface area contributed by atoms with Crippen LogP contribution in [0.3, 0.4) is 0 Å². The van der Waals surface area contributed by atoms with Crippen molar-refractivity contribution in [3.05, 3.63) is 65.9 Å². The van der Waals surface area contributed by atoms with Gasteiger partial charge in [-0.05, 0) is 42.8 Å². The molecule has 5 N–H and O–H groups in total. The van der Waals surface area contributed by atoms with Crippen LogP contribution in [0.2, 0.25) is 0 Å². The second kappa shape index (κ2) is 7.82. The number of benzene rings is 2. The molecule has 4 rings (SSSR count). The molecular weight excluding hydrogens is 364 g/mol. The van der Waals surface area contributed by atoms with Crippen molar-refractivity contribution in [1.82, 2.24) is 10.3 Å². The Bertz CT molecular complexity index is 971. The number of anilines is 1. The molecule has 2 aromatic carbocycles. The Labute approximate surface area is 162 Å². The molecule has 1 aliphatic rings. The number of carbonyl (C=O) groups is 2. The molecule has 2 amide bonds. The molecule has 1 fully saturated rings. The Hall–Kier alpha value is -2.83. The van der Waals surface area contributed by atoms with Crippen molar-refractivity contribution >= 4 is 40.8 Å². The summed E-state index contributed by atoms with van der Waals surface area (Å²) in [6.45, 7) is 0.816. The summed E-state index contributed by atoms with van der Waals surface area (Å²) in [6.07, 6.45) is 0.931. The Balaban J connectivity index is 0.00000210. The van der Waals surface area contributed by atoms with Crippen molar-refractivity contribution in [2.45, 2.75) is 18.4 Å². The van der Waals surface area contributed by atoms with Crippen LogP contribution < -0.4 is 16.4 Å². The predicted molar refractivity (Wildman–Crippen MR) is 108 cm³/mol. The molecule has 0 radical (unpaired) electrons. The van der Waals surface area contributed by atoms with Gasteiger partial charge in [0.05, 0.1) is 6.04 Å². The van der Waals surface area contributed by atoms with Gasteiger partial charge in [0.15, 0.2) is 0 Å². The molecular formula is C20H21ClN4O2. The lowest BCUT2D eigenvalue weighted by Gasteiger charge is -2.19. The molecule has 140 valence electrons. The number of hydrogen-bond acceptors (Lipinski definition) is 3. The van der Waals surface area contributed by atoms with Gasteiger partial charge < -0.3 is 21.4 Å². The van der Waals surface area contributed by atoms with Crippen molar-refractivity contribution in [2.75, 3.05) is 11.9 Å². The smallest absolute Gasteiger partial charge is 0.265 e. The SMILES string of the molecule is Cl.NC(=O)c1cc2cc(NC(=O)[C@@H]3NCC[C@H]3c3ccccc3)ccc2[nH]1. The summed E-state index contributed by atoms with van der Waals surface area (Å²) in [7, 11) is 0. The van der Waals surface area contributed by atoms with E-state index < -0.39 is 5.91 Å². The maximum Gasteiger partial charge on any atom is 0.265 e. The van der Waals surface area contributed by atoms with Crippen LogP contribution >= 0.6 is 12.4 Å². The monoisotopic (exact) mass is 384 g/mol. The van der Waals surface area contributed by atoms with Crippen LogP contribution in [-0.2, 0) is 4.79 Å². The van der Waals surface area contributed by atoms with Crippen LogP contribution in [0, 0.1) is 0 Å². The van der Waals surface area contributed by atoms with Gasteiger partial charge in [0, 0.05) is 22.5 Å². The predicted octanol–water partition coefficient (Wildman–Crippen LogP) is 2.77. The van der Waals surface area contributed by atoms with E-state index in [2.05, 4.69) is 27.8 Å². The zero-order valence-corrected chi connectivity index (χ0v) is 15.4. The van der Waals surface area contributed by atoms with Gasteiger partial charge in [-0.2, -0.15) is 0 Å². The van der Waals surface area contributed by atoms with E-state index in [1.807, 2.05) is 36.4 Å². The number of aromatic nitrogens is 1. The molecule has 27 heavy (non-hydrogen) atoms. The third-order valence-corrected chi connectivity index (χ3v) is 4.89. The van der Waals surface area contributed by atoms with Crippen LogP contribution in [-0.4, -0.2) is 29.4 Å². The summed E-state index contributed by atoms with van der Waals surface area (Å²) in [5.41, 5.74) is 8.32. The van der Waals surface area contributed by atoms with Crippen molar-refractivity contribution in [1.29, 1.82) is 0 Å². The van der Waals surface area contributed by atoms with Crippen LogP contribution in [0.4, 0.5) is 5.69 Å². The van der Waals surface area contributed by atoms with Crippen molar-refractivity contribution in [3.63, 3.8) is 0 Å². The first-order chi connectivity index (χ1) is 12.6. The number of primary amides is 1. The molecule has 0 unspecified atom stereocenters. The van der Waals surface area contributed by atoms with E-state index in [4.69, 9.17) is 5.73 Å². The minimum Gasteiger partial charge on any atom is -0.364 e. The molecule has 0 aliphatic carbocycles. The van der Waals surface area contributed by atoms with Gasteiger partial charge in [0.2, 0.25) is 5.91 Å². The molecule has 7 heteroatoms. The molecule has 1 saturated heterocycles. The minimum atomic E-state index is -0.507. The Morgan fingerprint density at radius 2 is 1.85 bits per heavy atom. The quantitative estimate of drug-likeness (QED) is 0.556. The number of halogens is 1. The number of carbonyl (C=O) groups excluding carboxylic acids is 2. The molecule has 2 heterocycles. The van der Waals surface area contributed by atoms with Crippen molar-refractivity contribution in [2.24, 2.45) is 5.73 Å². The molecule has 0 bridgehead atoms. The Morgan fingerprint density at radius 3 is 2.59 bits per heavy atom. The maximum atomic E-state index is 12.8. The van der Waals surface area contributed by atoms with E-state index in [1.54, 1.807) is 6.07 Å². The summed E-state index contributed by atoms with van der Waals surface area (Å²) in [5, 5.41) is 7.11. The lowest BCUT2D eigenvalue weighted by molar-refractivity contribution is -0.118. The fourth-order valence-electron chi connectivity index (χ4n) is 3.60. The third-order valence-electron chi connectivity index (χ3n) is 4.89. The number of fused-ring (bicyclic) bond motifs is 1. The molecule has 1 aliphatic heterocycles. The number of amides is 2. The zero-order chi connectivity index (χ0) is 18.1. The van der Waals surface area contributed by atoms with E-state index in [0.29, 0.717) is 11.4 Å². The lowest BCUT2D eigenvalue weighted by atomic mass is 9.91. The van der Waals surface area contributed by atoms with Gasteiger partial charge in [-0.1, -0.05) is 30.3 Å². The summed E-state index contributed by atoms with van der Waals surface area (Å²) in [4.78, 5) is 27.0. The number of nitrogens with one attached hydrogen (secondary N) is 3. The number of H-pyrrole nitrogens is 1. The molecule has 0 saturated carbocycles. The standard InChI is InChI=1S/C20H20N4O2.ClH/c21-19(25)17-11-13-10-14(6-7-16(13)24-17)23-20(26)18-15(8-9-22-18)12-4-2-1-3-5-12;/h1-7,10-11,15,18,22,24H,8-9H2,(H2,21,25)(H,23,26);1H/t15-,18+;/m0./s1. The highest BCUT2D eigenvalue weighted by molar-refractivity contribution is 6.00. The van der Waals surface area contributed by atoms with Gasteiger partial charge in [-0.15, -0.1) is 12.4 Å². The number of hydrogen-bond donors (Lipinski definition) is 4. The second-order valence-electron chi connectivity index (χ2n) is 6.58. The first-order valence-electron chi connectivity index (χ1n) is 8.63. The van der Waals surface area contributed by atoms with Gasteiger partial charge in [-0.3, -0.25) is 9.59 Å². The maximum absolute atomic E-state index is 12.8. The van der Waals surface area contributed by atoms with E-state index in [0.717, 1.165) is 23.9 Å². The topological polar surface area (TPSA) is 100 Å². The normalized spacial score (nSPS) is 18.8. The van der Waals surface area contributed by atoms with E-state index >= 15 is 0 Å². The molecule has 6 nitrogen and oxygen atoms in total. The Kier molecular flexibility index (Phi) is 5.48. The average molecular weight is 385 g/mol. The lowest BCUT2D eigenvalue weighted by Crippen LogP contribution is -2.39. The van der Waals surface area contributed by atoms with Crippen LogP contribution in [0.5, 0.6) is 0 Å². The second-order valence-corrected chi connectivity index (χ2v) is 6.58. The van der Waals surface area contributed by atoms with E-state index in [1.165, 1.54) is 5.56 Å². The number of aromatic amines is 1. The van der Waals surface area contributed by atoms with Crippen molar-refractivity contribution < 1.29 is 9.59 Å². The number of nitrogens with two attached hydrogens (primary N) is 1. The highest BCUT2D eigenvalue weighted by atomic mass is 35.5. The largest absolute Gasteiger partial charge is 0.364 e. The van der Waals surface area contributed by atoms with Gasteiger partial charge in [-0.25, -0.2) is 0 Å². The van der Waals surface area contributed by atoms with E-state index in [9.17, 15) is 9.59 Å². The van der Waals surface area contributed by atoms with Gasteiger partial charge in [0.1, 0.15) is 5.69 Å². The summed E-state index contributed by atoms with van der Waals surface area (Å²) >= 11 is 0. The highest BCUT2D eigenvalue weighted by Gasteiger charge is 2.33. The highest BCUT2D eigenvalue weighted by Crippen LogP contribution is 2.29. The fraction of sp³-hybridized carbons (Fsp3) is 0.200. The minimum absolute atomic E-state index is 0. The average Bonchev–Trinajstić information content (AvgIpc) is 3.29. The summed E-state index contributed by atoms with van der Waals surface area (Å²) < 4.78 is 0. The summed E-state index contributed by atoms with van der Waals surface area (Å²) in [6, 6.07) is 17.0. The number of rotatable bonds is 4. The first kappa shape index (κ1) is 18.9. The third kappa shape index (κ3) is 3.82. The van der Waals surface area contributed by atoms with Crippen LogP contribution in [0.1, 0.15) is 28.4 Å². The van der Waals surface area contributed by atoms with Crippen LogP contribution in [0.15, 0.2) is 54.6 Å². The van der Waals surface area contributed by atoms with E-state index in [-0.39, 0.29) is 30.3 Å². The van der Waals surface area contributed by atoms with Crippen molar-refractivity contribution in [3.8, 4) is 0 Å². The molecule has 0 spiro atoms. The molecule has 2 atom stereocenters. The zero-order valence-electron chi connectivity index (χ0n) is 14.6. The summed E-state index contributed by atoms with van der Waals surface area (Å²) in [5.74, 6) is -0.400. The fourth-order valence-corrected chi connectivity index (χ4v) is 3.60. The van der Waals surface area contributed by atoms with Gasteiger partial charge >= 0.3 is 0 Å². The molecule has 3 aromatic rings.